The van der Waals surface area contributed by atoms with Crippen LogP contribution >= 0.6 is 0 Å². The summed E-state index contributed by atoms with van der Waals surface area (Å²) >= 11 is 0. The zero-order chi connectivity index (χ0) is 15.4. The maximum absolute atomic E-state index is 11.9. The smallest absolute Gasteiger partial charge is 0.234 e. The standard InChI is InChI=1S/C12H18N2O5S/c1-12(7-15,8-16)11(17)13-9-3-5-10(6-4-9)14-20(2,18)19/h3-6,14-16H,7-8H2,1-2H3,(H,13,17). The molecule has 8 heteroatoms. The molecule has 0 atom stereocenters. The van der Waals surface area contributed by atoms with E-state index in [0.29, 0.717) is 11.4 Å². The Labute approximate surface area is 117 Å². The van der Waals surface area contributed by atoms with Gasteiger partial charge in [-0.2, -0.15) is 0 Å². The van der Waals surface area contributed by atoms with Crippen molar-refractivity contribution < 1.29 is 23.4 Å². The van der Waals surface area contributed by atoms with Gasteiger partial charge in [0.25, 0.3) is 0 Å². The molecule has 0 unspecified atom stereocenters. The third-order valence-electron chi connectivity index (χ3n) is 2.69. The van der Waals surface area contributed by atoms with Crippen LogP contribution in [0, 0.1) is 5.41 Å². The zero-order valence-corrected chi connectivity index (χ0v) is 12.1. The largest absolute Gasteiger partial charge is 0.395 e. The van der Waals surface area contributed by atoms with Crippen molar-refractivity contribution in [2.45, 2.75) is 6.92 Å². The van der Waals surface area contributed by atoms with Gasteiger partial charge in [0.2, 0.25) is 15.9 Å². The molecule has 0 radical (unpaired) electrons. The summed E-state index contributed by atoms with van der Waals surface area (Å²) in [4.78, 5) is 11.9. The fourth-order valence-electron chi connectivity index (χ4n) is 1.31. The lowest BCUT2D eigenvalue weighted by molar-refractivity contribution is -0.129. The highest BCUT2D eigenvalue weighted by Gasteiger charge is 2.31. The quantitative estimate of drug-likeness (QED) is 0.590. The third kappa shape index (κ3) is 4.48. The van der Waals surface area contributed by atoms with Crippen molar-refractivity contribution in [3.05, 3.63) is 24.3 Å². The van der Waals surface area contributed by atoms with Gasteiger partial charge >= 0.3 is 0 Å². The van der Waals surface area contributed by atoms with E-state index in [1.54, 1.807) is 0 Å². The van der Waals surface area contributed by atoms with Crippen molar-refractivity contribution in [1.29, 1.82) is 0 Å². The van der Waals surface area contributed by atoms with Crippen LogP contribution in [-0.4, -0.2) is 44.0 Å². The number of hydrogen-bond acceptors (Lipinski definition) is 5. The molecule has 4 N–H and O–H groups in total. The SMILES string of the molecule is CC(CO)(CO)C(=O)Nc1ccc(NS(C)(=O)=O)cc1. The van der Waals surface area contributed by atoms with Gasteiger partial charge in [0, 0.05) is 11.4 Å². The number of rotatable bonds is 6. The van der Waals surface area contributed by atoms with E-state index in [-0.39, 0.29) is 0 Å². The van der Waals surface area contributed by atoms with E-state index in [1.807, 2.05) is 0 Å². The summed E-state index contributed by atoms with van der Waals surface area (Å²) in [5.41, 5.74) is -0.469. The molecule has 0 aliphatic carbocycles. The summed E-state index contributed by atoms with van der Waals surface area (Å²) < 4.78 is 24.4. The predicted molar refractivity (Wildman–Crippen MR) is 75.8 cm³/mol. The van der Waals surface area contributed by atoms with Crippen LogP contribution in [0.2, 0.25) is 0 Å². The lowest BCUT2D eigenvalue weighted by Crippen LogP contribution is -2.39. The van der Waals surface area contributed by atoms with Gasteiger partial charge in [-0.25, -0.2) is 8.42 Å². The lowest BCUT2D eigenvalue weighted by atomic mass is 9.92. The summed E-state index contributed by atoms with van der Waals surface area (Å²) in [5, 5.41) is 20.8. The predicted octanol–water partition coefficient (Wildman–Crippen LogP) is -0.0125. The average molecular weight is 302 g/mol. The van der Waals surface area contributed by atoms with E-state index < -0.39 is 34.6 Å². The second kappa shape index (κ2) is 6.21. The molecule has 0 fully saturated rings. The number of benzene rings is 1. The Balaban J connectivity index is 2.78. The Hall–Kier alpha value is -1.64. The monoisotopic (exact) mass is 302 g/mol. The maximum Gasteiger partial charge on any atom is 0.234 e. The molecule has 1 aromatic rings. The van der Waals surface area contributed by atoms with Crippen molar-refractivity contribution in [1.82, 2.24) is 0 Å². The second-order valence-electron chi connectivity index (χ2n) is 4.78. The normalized spacial score (nSPS) is 12.0. The van der Waals surface area contributed by atoms with E-state index in [1.165, 1.54) is 31.2 Å². The van der Waals surface area contributed by atoms with E-state index in [2.05, 4.69) is 10.0 Å². The van der Waals surface area contributed by atoms with Gasteiger partial charge in [-0.05, 0) is 31.2 Å². The Morgan fingerprint density at radius 1 is 1.15 bits per heavy atom. The van der Waals surface area contributed by atoms with Gasteiger partial charge in [0.05, 0.1) is 24.9 Å². The molecular formula is C12H18N2O5S. The zero-order valence-electron chi connectivity index (χ0n) is 11.3. The summed E-state index contributed by atoms with van der Waals surface area (Å²) in [6.07, 6.45) is 1.04. The van der Waals surface area contributed by atoms with Crippen molar-refractivity contribution >= 4 is 27.3 Å². The van der Waals surface area contributed by atoms with Gasteiger partial charge < -0.3 is 15.5 Å². The molecule has 20 heavy (non-hydrogen) atoms. The van der Waals surface area contributed by atoms with Gasteiger partial charge in [-0.1, -0.05) is 0 Å². The summed E-state index contributed by atoms with van der Waals surface area (Å²) in [6.45, 7) is 0.466. The van der Waals surface area contributed by atoms with Crippen molar-refractivity contribution in [2.75, 3.05) is 29.5 Å². The molecule has 0 aliphatic rings. The summed E-state index contributed by atoms with van der Waals surface area (Å²) in [6, 6.07) is 6.01. The number of hydrogen-bond donors (Lipinski definition) is 4. The minimum absolute atomic E-state index is 0.373. The first-order chi connectivity index (χ1) is 9.20. The second-order valence-corrected chi connectivity index (χ2v) is 6.53. The Kier molecular flexibility index (Phi) is 5.09. The number of nitrogens with one attached hydrogen (secondary N) is 2. The molecule has 0 aliphatic heterocycles. The van der Waals surface area contributed by atoms with Gasteiger partial charge in [0.1, 0.15) is 0 Å². The molecule has 0 aromatic heterocycles. The Morgan fingerprint density at radius 2 is 1.60 bits per heavy atom. The molecule has 0 heterocycles. The molecule has 1 aromatic carbocycles. The van der Waals surface area contributed by atoms with E-state index >= 15 is 0 Å². The summed E-state index contributed by atoms with van der Waals surface area (Å²) in [7, 11) is -3.35. The highest BCUT2D eigenvalue weighted by Crippen LogP contribution is 2.19. The molecule has 112 valence electrons. The van der Waals surface area contributed by atoms with Gasteiger partial charge in [-0.15, -0.1) is 0 Å². The Bertz CT molecular complexity index is 564. The van der Waals surface area contributed by atoms with Crippen molar-refractivity contribution in [3.63, 3.8) is 0 Å². The van der Waals surface area contributed by atoms with Crippen LogP contribution in [0.15, 0.2) is 24.3 Å². The molecule has 0 bridgehead atoms. The number of carbonyl (C=O) groups excluding carboxylic acids is 1. The molecule has 0 saturated carbocycles. The minimum atomic E-state index is -3.35. The Morgan fingerprint density at radius 3 is 2.00 bits per heavy atom. The fourth-order valence-corrected chi connectivity index (χ4v) is 1.88. The van der Waals surface area contributed by atoms with Crippen LogP contribution in [0.5, 0.6) is 0 Å². The number of anilines is 2. The number of carbonyl (C=O) groups is 1. The number of aliphatic hydroxyl groups excluding tert-OH is 2. The van der Waals surface area contributed by atoms with Gasteiger partial charge in [0.15, 0.2) is 0 Å². The fraction of sp³-hybridized carbons (Fsp3) is 0.417. The van der Waals surface area contributed by atoms with Crippen LogP contribution in [-0.2, 0) is 14.8 Å². The van der Waals surface area contributed by atoms with Crippen LogP contribution in [0.4, 0.5) is 11.4 Å². The van der Waals surface area contributed by atoms with Crippen molar-refractivity contribution in [3.8, 4) is 0 Å². The average Bonchev–Trinajstić information content (AvgIpc) is 2.38. The molecule has 1 rings (SSSR count). The van der Waals surface area contributed by atoms with Crippen LogP contribution in [0.1, 0.15) is 6.92 Å². The topological polar surface area (TPSA) is 116 Å². The van der Waals surface area contributed by atoms with E-state index in [4.69, 9.17) is 10.2 Å². The number of amides is 1. The first-order valence-corrected chi connectivity index (χ1v) is 7.70. The summed E-state index contributed by atoms with van der Waals surface area (Å²) in [5.74, 6) is -0.522. The third-order valence-corrected chi connectivity index (χ3v) is 3.30. The molecule has 0 saturated heterocycles. The number of aliphatic hydroxyl groups is 2. The van der Waals surface area contributed by atoms with E-state index in [0.717, 1.165) is 6.26 Å². The van der Waals surface area contributed by atoms with Crippen LogP contribution < -0.4 is 10.0 Å². The van der Waals surface area contributed by atoms with E-state index in [9.17, 15) is 13.2 Å². The molecular weight excluding hydrogens is 284 g/mol. The molecule has 0 spiro atoms. The van der Waals surface area contributed by atoms with Crippen molar-refractivity contribution in [2.24, 2.45) is 5.41 Å². The van der Waals surface area contributed by atoms with Crippen LogP contribution in [0.25, 0.3) is 0 Å². The highest BCUT2D eigenvalue weighted by atomic mass is 32.2. The maximum atomic E-state index is 11.9. The minimum Gasteiger partial charge on any atom is -0.395 e. The molecule has 1 amide bonds. The van der Waals surface area contributed by atoms with Gasteiger partial charge in [-0.3, -0.25) is 9.52 Å². The lowest BCUT2D eigenvalue weighted by Gasteiger charge is -2.23. The number of sulfonamides is 1. The highest BCUT2D eigenvalue weighted by molar-refractivity contribution is 7.92. The molecule has 7 nitrogen and oxygen atoms in total. The first-order valence-electron chi connectivity index (χ1n) is 5.81. The first kappa shape index (κ1) is 16.4. The van der Waals surface area contributed by atoms with Crippen LogP contribution in [0.3, 0.4) is 0 Å².